The minimum absolute atomic E-state index is 0.0851. The lowest BCUT2D eigenvalue weighted by atomic mass is 10.0. The molecule has 1 aliphatic rings. The van der Waals surface area contributed by atoms with Crippen molar-refractivity contribution in [2.75, 3.05) is 13.2 Å². The van der Waals surface area contributed by atoms with Crippen LogP contribution in [0.1, 0.15) is 20.8 Å². The predicted molar refractivity (Wildman–Crippen MR) is 44.1 cm³/mol. The van der Waals surface area contributed by atoms with Crippen LogP contribution in [0.25, 0.3) is 0 Å². The second-order valence-corrected chi connectivity index (χ2v) is 3.07. The summed E-state index contributed by atoms with van der Waals surface area (Å²) in [7, 11) is 0. The Morgan fingerprint density at radius 3 is 2.25 bits per heavy atom. The highest BCUT2D eigenvalue weighted by Gasteiger charge is 2.30. The molecule has 72 valence electrons. The monoisotopic (exact) mass is 176 g/mol. The number of hydrogen-bond donors (Lipinski definition) is 1. The van der Waals surface area contributed by atoms with Crippen LogP contribution in [0.4, 0.5) is 0 Å². The molecule has 1 N–H and O–H groups in total. The molecule has 12 heavy (non-hydrogen) atoms. The molecule has 0 radical (unpaired) electrons. The third-order valence-electron chi connectivity index (χ3n) is 1.90. The molecule has 1 aliphatic heterocycles. The van der Waals surface area contributed by atoms with E-state index >= 15 is 0 Å². The van der Waals surface area contributed by atoms with Crippen molar-refractivity contribution in [3.63, 3.8) is 0 Å². The molecule has 1 atom stereocenters. The number of carbonyl (C=O) groups is 1. The number of hydrogen-bond acceptors (Lipinski definition) is 3. The maximum atomic E-state index is 8.36. The third-order valence-corrected chi connectivity index (χ3v) is 1.90. The molecule has 4 heteroatoms. The summed E-state index contributed by atoms with van der Waals surface area (Å²) in [6, 6.07) is 0. The first-order chi connectivity index (χ1) is 5.54. The van der Waals surface area contributed by atoms with Gasteiger partial charge in [0.2, 0.25) is 0 Å². The molecule has 0 amide bonds. The second-order valence-electron chi connectivity index (χ2n) is 3.07. The Morgan fingerprint density at radius 2 is 2.00 bits per heavy atom. The Labute approximate surface area is 72.5 Å². The molecule has 4 nitrogen and oxygen atoms in total. The second kappa shape index (κ2) is 5.11. The lowest BCUT2D eigenvalue weighted by Crippen LogP contribution is -2.44. The van der Waals surface area contributed by atoms with Crippen molar-refractivity contribution in [2.45, 2.75) is 32.5 Å². The number of rotatable bonds is 0. The molecule has 0 aliphatic carbocycles. The Kier molecular flexibility index (Phi) is 4.85. The van der Waals surface area contributed by atoms with Gasteiger partial charge in [-0.05, 0) is 20.8 Å². The fraction of sp³-hybridized carbons (Fsp3) is 0.875. The van der Waals surface area contributed by atoms with Gasteiger partial charge in [-0.3, -0.25) is 4.79 Å². The Hall–Kier alpha value is -0.610. The summed E-state index contributed by atoms with van der Waals surface area (Å²) in [4.78, 5) is 8.36. The van der Waals surface area contributed by atoms with Crippen molar-refractivity contribution in [3.8, 4) is 0 Å². The van der Waals surface area contributed by atoms with Crippen LogP contribution < -0.4 is 0 Å². The van der Waals surface area contributed by atoms with Gasteiger partial charge >= 0.3 is 0 Å². The van der Waals surface area contributed by atoms with Crippen molar-refractivity contribution in [1.82, 2.24) is 0 Å². The highest BCUT2D eigenvalue weighted by molar-refractivity contribution is 5.32. The van der Waals surface area contributed by atoms with Crippen molar-refractivity contribution >= 4 is 6.47 Å². The lowest BCUT2D eigenvalue weighted by molar-refractivity contribution is -0.179. The number of ether oxygens (including phenoxy) is 2. The molecular formula is C8H16O4. The Balaban J connectivity index is 0.000000354. The molecule has 1 heterocycles. The Bertz CT molecular complexity index is 133. The van der Waals surface area contributed by atoms with Crippen LogP contribution in [0.15, 0.2) is 0 Å². The van der Waals surface area contributed by atoms with E-state index in [2.05, 4.69) is 13.8 Å². The van der Waals surface area contributed by atoms with Crippen LogP contribution in [-0.2, 0) is 14.3 Å². The van der Waals surface area contributed by atoms with Crippen LogP contribution in [0.2, 0.25) is 0 Å². The van der Waals surface area contributed by atoms with Crippen LogP contribution in [0.5, 0.6) is 0 Å². The molecule has 1 saturated heterocycles. The van der Waals surface area contributed by atoms with Gasteiger partial charge in [-0.2, -0.15) is 0 Å². The zero-order valence-electron chi connectivity index (χ0n) is 7.74. The van der Waals surface area contributed by atoms with Gasteiger partial charge in [0.15, 0.2) is 0 Å². The fourth-order valence-electron chi connectivity index (χ4n) is 0.848. The van der Waals surface area contributed by atoms with Crippen molar-refractivity contribution < 1.29 is 19.4 Å². The first-order valence-corrected chi connectivity index (χ1v) is 3.88. The highest BCUT2D eigenvalue weighted by atomic mass is 16.6. The largest absolute Gasteiger partial charge is 0.483 e. The van der Waals surface area contributed by atoms with Crippen LogP contribution in [0, 0.1) is 0 Å². The third kappa shape index (κ3) is 3.69. The average Bonchev–Trinajstić information content (AvgIpc) is 1.97. The first-order valence-electron chi connectivity index (χ1n) is 3.88. The highest BCUT2D eigenvalue weighted by Crippen LogP contribution is 2.20. The normalized spacial score (nSPS) is 26.8. The zero-order valence-corrected chi connectivity index (χ0v) is 7.74. The van der Waals surface area contributed by atoms with Crippen molar-refractivity contribution in [2.24, 2.45) is 0 Å². The number of carboxylic acid groups (broad SMARTS) is 1. The van der Waals surface area contributed by atoms with E-state index in [1.807, 2.05) is 6.92 Å². The van der Waals surface area contributed by atoms with E-state index in [9.17, 15) is 0 Å². The van der Waals surface area contributed by atoms with E-state index in [1.54, 1.807) is 0 Å². The predicted octanol–water partition coefficient (Wildman–Crippen LogP) is 0.901. The smallest absolute Gasteiger partial charge is 0.290 e. The molecule has 0 bridgehead atoms. The maximum Gasteiger partial charge on any atom is 0.290 e. The molecule has 1 rings (SSSR count). The van der Waals surface area contributed by atoms with E-state index in [1.165, 1.54) is 0 Å². The summed E-state index contributed by atoms with van der Waals surface area (Å²) in [5.41, 5.74) is -0.0851. The van der Waals surface area contributed by atoms with Gasteiger partial charge in [0.25, 0.3) is 6.47 Å². The van der Waals surface area contributed by atoms with E-state index in [0.29, 0.717) is 0 Å². The van der Waals surface area contributed by atoms with E-state index < -0.39 is 0 Å². The topological polar surface area (TPSA) is 55.8 Å². The summed E-state index contributed by atoms with van der Waals surface area (Å²) in [5.74, 6) is 0. The summed E-state index contributed by atoms with van der Waals surface area (Å²) in [5, 5.41) is 6.89. The van der Waals surface area contributed by atoms with Gasteiger partial charge in [0.05, 0.1) is 24.9 Å². The van der Waals surface area contributed by atoms with E-state index in [-0.39, 0.29) is 18.2 Å². The lowest BCUT2D eigenvalue weighted by Gasteiger charge is -2.36. The quantitative estimate of drug-likeness (QED) is 0.557. The fourth-order valence-corrected chi connectivity index (χ4v) is 0.848. The van der Waals surface area contributed by atoms with Gasteiger partial charge < -0.3 is 14.6 Å². The minimum atomic E-state index is -0.250. The zero-order chi connectivity index (χ0) is 9.61. The summed E-state index contributed by atoms with van der Waals surface area (Å²) in [6.45, 7) is 7.37. The summed E-state index contributed by atoms with van der Waals surface area (Å²) >= 11 is 0. The minimum Gasteiger partial charge on any atom is -0.483 e. The first kappa shape index (κ1) is 11.4. The maximum absolute atomic E-state index is 8.36. The van der Waals surface area contributed by atoms with Crippen LogP contribution in [-0.4, -0.2) is 36.5 Å². The van der Waals surface area contributed by atoms with Crippen molar-refractivity contribution in [3.05, 3.63) is 0 Å². The summed E-state index contributed by atoms with van der Waals surface area (Å²) < 4.78 is 10.8. The molecule has 0 aromatic carbocycles. The SMILES string of the molecule is CC1OCCOC1(C)C.O=CO. The molecule has 0 saturated carbocycles. The van der Waals surface area contributed by atoms with Crippen LogP contribution >= 0.6 is 0 Å². The van der Waals surface area contributed by atoms with Gasteiger partial charge in [-0.1, -0.05) is 0 Å². The molecule has 1 fully saturated rings. The van der Waals surface area contributed by atoms with Crippen molar-refractivity contribution in [1.29, 1.82) is 0 Å². The molecule has 0 aromatic heterocycles. The molecule has 0 aromatic rings. The molecule has 1 unspecified atom stereocenters. The van der Waals surface area contributed by atoms with Gasteiger partial charge in [-0.15, -0.1) is 0 Å². The average molecular weight is 176 g/mol. The van der Waals surface area contributed by atoms with Gasteiger partial charge in [-0.25, -0.2) is 0 Å². The standard InChI is InChI=1S/C7H14O2.CH2O2/c1-6-7(2,3)9-5-4-8-6;2-1-3/h6H,4-5H2,1-3H3;1H,(H,2,3). The van der Waals surface area contributed by atoms with E-state index in [4.69, 9.17) is 19.4 Å². The van der Waals surface area contributed by atoms with E-state index in [0.717, 1.165) is 13.2 Å². The summed E-state index contributed by atoms with van der Waals surface area (Å²) in [6.07, 6.45) is 0.228. The molecular weight excluding hydrogens is 160 g/mol. The van der Waals surface area contributed by atoms with Gasteiger partial charge in [0.1, 0.15) is 0 Å². The molecule has 0 spiro atoms. The van der Waals surface area contributed by atoms with Crippen LogP contribution in [0.3, 0.4) is 0 Å². The Morgan fingerprint density at radius 1 is 1.50 bits per heavy atom. The van der Waals surface area contributed by atoms with Gasteiger partial charge in [0, 0.05) is 0 Å².